The Morgan fingerprint density at radius 3 is 2.10 bits per heavy atom. The molecule has 0 fully saturated rings. The number of benzene rings is 3. The van der Waals surface area contributed by atoms with Crippen LogP contribution in [-0.4, -0.2) is 27.2 Å². The highest BCUT2D eigenvalue weighted by molar-refractivity contribution is 5.98. The van der Waals surface area contributed by atoms with E-state index < -0.39 is 6.04 Å². The van der Waals surface area contributed by atoms with Crippen molar-refractivity contribution < 1.29 is 23.4 Å². The molecule has 1 aliphatic heterocycles. The summed E-state index contributed by atoms with van der Waals surface area (Å²) in [5, 5.41) is 0. The number of nitrogens with zero attached hydrogens (tertiary/aromatic N) is 1. The molecule has 1 amide bonds. The van der Waals surface area contributed by atoms with Crippen molar-refractivity contribution in [3.63, 3.8) is 0 Å². The predicted molar refractivity (Wildman–Crippen MR) is 112 cm³/mol. The van der Waals surface area contributed by atoms with Crippen molar-refractivity contribution in [3.8, 4) is 17.2 Å². The quantitative estimate of drug-likeness (QED) is 0.624. The van der Waals surface area contributed by atoms with E-state index in [2.05, 4.69) is 0 Å². The largest absolute Gasteiger partial charge is 0.497 e. The molecule has 1 atom stereocenters. The first-order chi connectivity index (χ1) is 14.5. The molecule has 154 valence electrons. The van der Waals surface area contributed by atoms with Crippen molar-refractivity contribution in [2.24, 2.45) is 0 Å². The predicted octanol–water partition coefficient (Wildman–Crippen LogP) is 4.53. The van der Waals surface area contributed by atoms with E-state index in [0.717, 1.165) is 22.4 Å². The maximum atomic E-state index is 13.5. The molecule has 1 unspecified atom stereocenters. The summed E-state index contributed by atoms with van der Waals surface area (Å²) in [6.07, 6.45) is 0.208. The summed E-state index contributed by atoms with van der Waals surface area (Å²) in [7, 11) is 4.76. The SMILES string of the molecule is COc1ccc(C2c3cc(OC)c(OC)cc3CC(=O)N2c2ccc(F)cc2)cc1. The number of anilines is 1. The van der Waals surface area contributed by atoms with Gasteiger partial charge in [-0.05, 0) is 65.2 Å². The van der Waals surface area contributed by atoms with Crippen molar-refractivity contribution >= 4 is 11.6 Å². The number of hydrogen-bond donors (Lipinski definition) is 0. The molecule has 5 nitrogen and oxygen atoms in total. The molecule has 0 spiro atoms. The van der Waals surface area contributed by atoms with E-state index in [1.807, 2.05) is 36.4 Å². The van der Waals surface area contributed by atoms with Crippen LogP contribution >= 0.6 is 0 Å². The summed E-state index contributed by atoms with van der Waals surface area (Å²) in [4.78, 5) is 14.9. The van der Waals surface area contributed by atoms with Crippen LogP contribution in [0.3, 0.4) is 0 Å². The topological polar surface area (TPSA) is 48.0 Å². The van der Waals surface area contributed by atoms with Crippen molar-refractivity contribution in [1.82, 2.24) is 0 Å². The molecular weight excluding hydrogens is 385 g/mol. The van der Waals surface area contributed by atoms with Crippen LogP contribution in [0, 0.1) is 5.82 Å². The van der Waals surface area contributed by atoms with Crippen LogP contribution < -0.4 is 19.1 Å². The molecule has 3 aromatic rings. The summed E-state index contributed by atoms with van der Waals surface area (Å²) in [6, 6.07) is 16.9. The van der Waals surface area contributed by atoms with Gasteiger partial charge < -0.3 is 19.1 Å². The molecule has 4 rings (SSSR count). The molecule has 0 saturated heterocycles. The molecule has 0 aliphatic carbocycles. The van der Waals surface area contributed by atoms with Crippen LogP contribution in [-0.2, 0) is 11.2 Å². The fourth-order valence-corrected chi connectivity index (χ4v) is 3.89. The molecular formula is C24H22FNO4. The summed E-state index contributed by atoms with van der Waals surface area (Å²) in [5.41, 5.74) is 3.34. The second kappa shape index (κ2) is 8.06. The van der Waals surface area contributed by atoms with E-state index in [-0.39, 0.29) is 18.1 Å². The van der Waals surface area contributed by atoms with Gasteiger partial charge in [-0.3, -0.25) is 4.79 Å². The number of ether oxygens (including phenoxy) is 3. The van der Waals surface area contributed by atoms with E-state index in [9.17, 15) is 9.18 Å². The Morgan fingerprint density at radius 1 is 0.867 bits per heavy atom. The summed E-state index contributed by atoms with van der Waals surface area (Å²) in [6.45, 7) is 0. The van der Waals surface area contributed by atoms with Gasteiger partial charge in [-0.15, -0.1) is 0 Å². The number of hydrogen-bond acceptors (Lipinski definition) is 4. The van der Waals surface area contributed by atoms with Gasteiger partial charge in [0.1, 0.15) is 11.6 Å². The smallest absolute Gasteiger partial charge is 0.232 e. The number of carbonyl (C=O) groups excluding carboxylic acids is 1. The Balaban J connectivity index is 1.92. The van der Waals surface area contributed by atoms with Gasteiger partial charge in [0.25, 0.3) is 0 Å². The van der Waals surface area contributed by atoms with Gasteiger partial charge in [0.05, 0.1) is 33.8 Å². The van der Waals surface area contributed by atoms with Crippen LogP contribution in [0.2, 0.25) is 0 Å². The zero-order valence-electron chi connectivity index (χ0n) is 17.0. The third-order valence-corrected chi connectivity index (χ3v) is 5.34. The highest BCUT2D eigenvalue weighted by Gasteiger charge is 2.36. The van der Waals surface area contributed by atoms with Gasteiger partial charge in [0.15, 0.2) is 11.5 Å². The first-order valence-corrected chi connectivity index (χ1v) is 9.52. The summed E-state index contributed by atoms with van der Waals surface area (Å²) in [5.74, 6) is 1.45. The lowest BCUT2D eigenvalue weighted by atomic mass is 9.86. The highest BCUT2D eigenvalue weighted by Crippen LogP contribution is 2.43. The Bertz CT molecular complexity index is 1060. The summed E-state index contributed by atoms with van der Waals surface area (Å²) >= 11 is 0. The number of rotatable bonds is 5. The third kappa shape index (κ3) is 3.45. The van der Waals surface area contributed by atoms with Gasteiger partial charge >= 0.3 is 0 Å². The van der Waals surface area contributed by atoms with Gasteiger partial charge in [-0.25, -0.2) is 4.39 Å². The molecule has 0 saturated carbocycles. The standard InChI is InChI=1S/C24H22FNO4/c1-28-19-10-4-15(5-11-19)24-20-14-22(30-3)21(29-2)12-16(20)13-23(27)26(24)18-8-6-17(25)7-9-18/h4-12,14,24H,13H2,1-3H3. The van der Waals surface area contributed by atoms with Crippen molar-refractivity contribution in [2.75, 3.05) is 26.2 Å². The highest BCUT2D eigenvalue weighted by atomic mass is 19.1. The average molecular weight is 407 g/mol. The second-order valence-corrected chi connectivity index (χ2v) is 7.00. The van der Waals surface area contributed by atoms with Crippen molar-refractivity contribution in [1.29, 1.82) is 0 Å². The number of carbonyl (C=O) groups is 1. The zero-order valence-corrected chi connectivity index (χ0v) is 17.0. The molecule has 1 heterocycles. The Hall–Kier alpha value is -3.54. The van der Waals surface area contributed by atoms with E-state index >= 15 is 0 Å². The average Bonchev–Trinajstić information content (AvgIpc) is 2.78. The van der Waals surface area contributed by atoms with Crippen LogP contribution in [0.1, 0.15) is 22.7 Å². The van der Waals surface area contributed by atoms with E-state index in [4.69, 9.17) is 14.2 Å². The number of methoxy groups -OCH3 is 3. The van der Waals surface area contributed by atoms with Gasteiger partial charge in [0, 0.05) is 5.69 Å². The zero-order chi connectivity index (χ0) is 21.3. The molecule has 1 aliphatic rings. The first-order valence-electron chi connectivity index (χ1n) is 9.52. The molecule has 3 aromatic carbocycles. The fourth-order valence-electron chi connectivity index (χ4n) is 3.89. The Kier molecular flexibility index (Phi) is 5.31. The van der Waals surface area contributed by atoms with Crippen molar-refractivity contribution in [2.45, 2.75) is 12.5 Å². The molecule has 0 aromatic heterocycles. The van der Waals surface area contributed by atoms with Crippen LogP contribution in [0.4, 0.5) is 10.1 Å². The van der Waals surface area contributed by atoms with Gasteiger partial charge in [-0.2, -0.15) is 0 Å². The Labute approximate surface area is 174 Å². The lowest BCUT2D eigenvalue weighted by molar-refractivity contribution is -0.118. The van der Waals surface area contributed by atoms with Gasteiger partial charge in [0.2, 0.25) is 5.91 Å². The number of halogens is 1. The van der Waals surface area contributed by atoms with Gasteiger partial charge in [-0.1, -0.05) is 12.1 Å². The second-order valence-electron chi connectivity index (χ2n) is 7.00. The third-order valence-electron chi connectivity index (χ3n) is 5.34. The minimum Gasteiger partial charge on any atom is -0.497 e. The molecule has 30 heavy (non-hydrogen) atoms. The first kappa shape index (κ1) is 19.8. The maximum absolute atomic E-state index is 13.5. The van der Waals surface area contributed by atoms with Crippen LogP contribution in [0.25, 0.3) is 0 Å². The lowest BCUT2D eigenvalue weighted by Crippen LogP contribution is -2.41. The minimum atomic E-state index is -0.405. The molecule has 0 N–H and O–H groups in total. The molecule has 0 bridgehead atoms. The monoisotopic (exact) mass is 407 g/mol. The maximum Gasteiger partial charge on any atom is 0.232 e. The fraction of sp³-hybridized carbons (Fsp3) is 0.208. The summed E-state index contributed by atoms with van der Waals surface area (Å²) < 4.78 is 29.7. The molecule has 6 heteroatoms. The van der Waals surface area contributed by atoms with E-state index in [1.165, 1.54) is 12.1 Å². The van der Waals surface area contributed by atoms with Crippen LogP contribution in [0.5, 0.6) is 17.2 Å². The van der Waals surface area contributed by atoms with E-state index in [0.29, 0.717) is 17.2 Å². The van der Waals surface area contributed by atoms with Crippen molar-refractivity contribution in [3.05, 3.63) is 83.2 Å². The lowest BCUT2D eigenvalue weighted by Gasteiger charge is -2.38. The normalized spacial score (nSPS) is 15.5. The van der Waals surface area contributed by atoms with Crippen LogP contribution in [0.15, 0.2) is 60.7 Å². The minimum absolute atomic E-state index is 0.0813. The molecule has 0 radical (unpaired) electrons. The Morgan fingerprint density at radius 2 is 1.50 bits per heavy atom. The number of fused-ring (bicyclic) bond motifs is 1. The number of amides is 1. The van der Waals surface area contributed by atoms with E-state index in [1.54, 1.807) is 38.4 Å².